The van der Waals surface area contributed by atoms with Crippen LogP contribution in [-0.4, -0.2) is 0 Å². The largest absolute Gasteiger partial charge is 0.310 e. The summed E-state index contributed by atoms with van der Waals surface area (Å²) in [5.74, 6) is 0. The third kappa shape index (κ3) is 6.10. The first-order chi connectivity index (χ1) is 28.1. The fraction of sp³-hybridized carbons (Fsp3) is 0.123. The van der Waals surface area contributed by atoms with E-state index in [1.807, 2.05) is 0 Å². The van der Waals surface area contributed by atoms with Gasteiger partial charge in [-0.05, 0) is 137 Å². The first kappa shape index (κ1) is 35.7. The van der Waals surface area contributed by atoms with Crippen molar-refractivity contribution in [3.8, 4) is 44.5 Å². The predicted molar refractivity (Wildman–Crippen MR) is 249 cm³/mol. The van der Waals surface area contributed by atoms with Gasteiger partial charge in [0, 0.05) is 22.5 Å². The normalized spacial score (nSPS) is 13.1. The lowest BCUT2D eigenvalue weighted by molar-refractivity contribution is 0.590. The molecule has 0 aliphatic heterocycles. The van der Waals surface area contributed by atoms with E-state index in [1.165, 1.54) is 82.7 Å². The highest BCUT2D eigenvalue weighted by molar-refractivity contribution is 6.14. The maximum atomic E-state index is 2.46. The van der Waals surface area contributed by atoms with Crippen molar-refractivity contribution >= 4 is 38.6 Å². The van der Waals surface area contributed by atoms with Gasteiger partial charge in [0.15, 0.2) is 0 Å². The van der Waals surface area contributed by atoms with Crippen molar-refractivity contribution in [1.82, 2.24) is 0 Å². The standard InChI is InChI=1S/C57H47N/c1-56(2,3)44-26-30-46(31-27-44)58(45-28-23-41(24-29-45)40-21-19-39(20-22-40)38-13-7-6-8-14-38)47-32-34-52-51-33-25-43(36-54(51)57(4,5)55(52)37-47)53-35-42-15-9-10-16-48(42)49-17-11-12-18-50(49)53/h6-37H,1-5H3. The van der Waals surface area contributed by atoms with Gasteiger partial charge in [0.05, 0.1) is 0 Å². The highest BCUT2D eigenvalue weighted by Crippen LogP contribution is 2.52. The molecule has 1 aliphatic rings. The van der Waals surface area contributed by atoms with E-state index in [0.717, 1.165) is 17.1 Å². The number of anilines is 3. The summed E-state index contributed by atoms with van der Waals surface area (Å²) in [5.41, 5.74) is 17.4. The molecule has 0 aromatic heterocycles. The third-order valence-corrected chi connectivity index (χ3v) is 12.4. The van der Waals surface area contributed by atoms with Crippen LogP contribution < -0.4 is 4.90 Å². The minimum absolute atomic E-state index is 0.0719. The molecule has 0 unspecified atom stereocenters. The minimum atomic E-state index is -0.194. The van der Waals surface area contributed by atoms with Gasteiger partial charge in [-0.25, -0.2) is 0 Å². The Hall–Kier alpha value is -6.70. The lowest BCUT2D eigenvalue weighted by Crippen LogP contribution is -2.17. The van der Waals surface area contributed by atoms with Crippen LogP contribution >= 0.6 is 0 Å². The number of hydrogen-bond donors (Lipinski definition) is 0. The number of benzene rings is 9. The molecule has 0 amide bonds. The number of hydrogen-bond acceptors (Lipinski definition) is 1. The van der Waals surface area contributed by atoms with Gasteiger partial charge in [-0.1, -0.05) is 180 Å². The van der Waals surface area contributed by atoms with Crippen LogP contribution in [0.25, 0.3) is 66.1 Å². The molecule has 0 atom stereocenters. The van der Waals surface area contributed by atoms with Crippen LogP contribution in [0.5, 0.6) is 0 Å². The topological polar surface area (TPSA) is 3.24 Å². The van der Waals surface area contributed by atoms with Crippen LogP contribution in [-0.2, 0) is 10.8 Å². The predicted octanol–water partition coefficient (Wildman–Crippen LogP) is 16.1. The molecule has 9 aromatic rings. The second kappa shape index (κ2) is 13.7. The highest BCUT2D eigenvalue weighted by Gasteiger charge is 2.36. The summed E-state index contributed by atoms with van der Waals surface area (Å²) >= 11 is 0. The fourth-order valence-corrected chi connectivity index (χ4v) is 9.17. The van der Waals surface area contributed by atoms with Gasteiger partial charge in [0.25, 0.3) is 0 Å². The van der Waals surface area contributed by atoms with Crippen LogP contribution in [0, 0.1) is 0 Å². The molecule has 0 saturated heterocycles. The SMILES string of the molecule is CC(C)(C)c1ccc(N(c2ccc(-c3ccc(-c4ccccc4)cc3)cc2)c2ccc3c(c2)C(C)(C)c2cc(-c4cc5ccccc5c5ccccc45)ccc2-3)cc1. The van der Waals surface area contributed by atoms with E-state index >= 15 is 0 Å². The number of nitrogens with zero attached hydrogens (tertiary/aromatic N) is 1. The molecule has 1 nitrogen and oxygen atoms in total. The molecule has 0 fully saturated rings. The maximum Gasteiger partial charge on any atom is 0.0465 e. The Kier molecular flexibility index (Phi) is 8.46. The van der Waals surface area contributed by atoms with Gasteiger partial charge in [-0.2, -0.15) is 0 Å². The van der Waals surface area contributed by atoms with Crippen molar-refractivity contribution in [2.45, 2.75) is 45.4 Å². The number of rotatable bonds is 6. The molecule has 1 heteroatoms. The maximum absolute atomic E-state index is 2.46. The Morgan fingerprint density at radius 3 is 1.47 bits per heavy atom. The smallest absolute Gasteiger partial charge is 0.0465 e. The van der Waals surface area contributed by atoms with E-state index in [9.17, 15) is 0 Å². The molecule has 0 N–H and O–H groups in total. The monoisotopic (exact) mass is 745 g/mol. The minimum Gasteiger partial charge on any atom is -0.310 e. The molecule has 1 aliphatic carbocycles. The van der Waals surface area contributed by atoms with Gasteiger partial charge in [-0.3, -0.25) is 0 Å². The Bertz CT molecular complexity index is 2960. The van der Waals surface area contributed by atoms with E-state index < -0.39 is 0 Å². The van der Waals surface area contributed by atoms with Crippen LogP contribution in [0.1, 0.15) is 51.3 Å². The van der Waals surface area contributed by atoms with Crippen LogP contribution in [0.3, 0.4) is 0 Å². The van der Waals surface area contributed by atoms with Crippen LogP contribution in [0.2, 0.25) is 0 Å². The van der Waals surface area contributed by atoms with Gasteiger partial charge in [0.1, 0.15) is 0 Å². The second-order valence-corrected chi connectivity index (χ2v) is 17.4. The van der Waals surface area contributed by atoms with Gasteiger partial charge in [-0.15, -0.1) is 0 Å². The Morgan fingerprint density at radius 2 is 0.828 bits per heavy atom. The van der Waals surface area contributed by atoms with E-state index in [4.69, 9.17) is 0 Å². The van der Waals surface area contributed by atoms with Crippen molar-refractivity contribution in [3.63, 3.8) is 0 Å². The molecule has 0 heterocycles. The fourth-order valence-electron chi connectivity index (χ4n) is 9.17. The second-order valence-electron chi connectivity index (χ2n) is 17.4. The van der Waals surface area contributed by atoms with Crippen molar-refractivity contribution in [2.75, 3.05) is 4.90 Å². The molecular weight excluding hydrogens is 699 g/mol. The molecule has 0 bridgehead atoms. The molecule has 58 heavy (non-hydrogen) atoms. The molecular formula is C57H47N. The summed E-state index contributed by atoms with van der Waals surface area (Å²) in [6.07, 6.45) is 0. The molecule has 10 rings (SSSR count). The van der Waals surface area contributed by atoms with Crippen molar-refractivity contribution in [1.29, 1.82) is 0 Å². The van der Waals surface area contributed by atoms with E-state index in [2.05, 4.69) is 234 Å². The van der Waals surface area contributed by atoms with E-state index in [0.29, 0.717) is 0 Å². The summed E-state index contributed by atoms with van der Waals surface area (Å²) in [4.78, 5) is 2.42. The van der Waals surface area contributed by atoms with E-state index in [1.54, 1.807) is 0 Å². The van der Waals surface area contributed by atoms with E-state index in [-0.39, 0.29) is 10.8 Å². The van der Waals surface area contributed by atoms with Crippen LogP contribution in [0.4, 0.5) is 17.1 Å². The quantitative estimate of drug-likeness (QED) is 0.153. The average Bonchev–Trinajstić information content (AvgIpc) is 3.48. The molecule has 0 spiro atoms. The first-order valence-corrected chi connectivity index (χ1v) is 20.5. The Morgan fingerprint density at radius 1 is 0.362 bits per heavy atom. The third-order valence-electron chi connectivity index (χ3n) is 12.4. The molecule has 0 saturated carbocycles. The molecule has 280 valence electrons. The molecule has 0 radical (unpaired) electrons. The van der Waals surface area contributed by atoms with Gasteiger partial charge in [0.2, 0.25) is 0 Å². The average molecular weight is 746 g/mol. The summed E-state index contributed by atoms with van der Waals surface area (Å²) < 4.78 is 0. The van der Waals surface area contributed by atoms with Crippen molar-refractivity contribution in [3.05, 3.63) is 211 Å². The zero-order valence-corrected chi connectivity index (χ0v) is 33.9. The Balaban J connectivity index is 1.04. The van der Waals surface area contributed by atoms with Gasteiger partial charge < -0.3 is 4.90 Å². The molecule has 9 aromatic carbocycles. The lowest BCUT2D eigenvalue weighted by Gasteiger charge is -2.29. The highest BCUT2D eigenvalue weighted by atomic mass is 15.1. The lowest BCUT2D eigenvalue weighted by atomic mass is 9.81. The summed E-state index contributed by atoms with van der Waals surface area (Å²) in [7, 11) is 0. The van der Waals surface area contributed by atoms with Crippen LogP contribution in [0.15, 0.2) is 194 Å². The summed E-state index contributed by atoms with van der Waals surface area (Å²) in [6, 6.07) is 71.9. The zero-order chi connectivity index (χ0) is 39.6. The number of fused-ring (bicyclic) bond motifs is 6. The van der Waals surface area contributed by atoms with Crippen molar-refractivity contribution < 1.29 is 0 Å². The van der Waals surface area contributed by atoms with Gasteiger partial charge >= 0.3 is 0 Å². The first-order valence-electron chi connectivity index (χ1n) is 20.5. The Labute approximate surface area is 342 Å². The summed E-state index contributed by atoms with van der Waals surface area (Å²) in [5, 5.41) is 5.16. The van der Waals surface area contributed by atoms with Crippen molar-refractivity contribution in [2.24, 2.45) is 0 Å². The zero-order valence-electron chi connectivity index (χ0n) is 33.9. The summed E-state index contributed by atoms with van der Waals surface area (Å²) in [6.45, 7) is 11.6.